The molecular formula is C52H40N2. The molecule has 0 spiro atoms. The molecule has 0 fully saturated rings. The number of para-hydroxylation sites is 2. The van der Waals surface area contributed by atoms with E-state index in [2.05, 4.69) is 230 Å². The summed E-state index contributed by atoms with van der Waals surface area (Å²) in [6.07, 6.45) is 0. The van der Waals surface area contributed by atoms with Crippen LogP contribution in [0.1, 0.15) is 11.1 Å². The first kappa shape index (κ1) is 33.0. The highest BCUT2D eigenvalue weighted by atomic mass is 15.1. The van der Waals surface area contributed by atoms with Gasteiger partial charge < -0.3 is 9.80 Å². The molecule has 2 nitrogen and oxygen atoms in total. The van der Waals surface area contributed by atoms with Crippen molar-refractivity contribution in [2.24, 2.45) is 0 Å². The van der Waals surface area contributed by atoms with Crippen LogP contribution in [0.25, 0.3) is 43.8 Å². The minimum atomic E-state index is 1.12. The molecule has 9 aromatic carbocycles. The number of benzene rings is 9. The van der Waals surface area contributed by atoms with Gasteiger partial charge in [0.25, 0.3) is 0 Å². The zero-order chi connectivity index (χ0) is 36.4. The molecular weight excluding hydrogens is 653 g/mol. The van der Waals surface area contributed by atoms with Crippen molar-refractivity contribution in [1.82, 2.24) is 0 Å². The van der Waals surface area contributed by atoms with Crippen LogP contribution in [-0.2, 0) is 0 Å². The Morgan fingerprint density at radius 3 is 0.870 bits per heavy atom. The average molecular weight is 693 g/mol. The number of nitrogens with zero attached hydrogens (tertiary/aromatic N) is 2. The first-order valence-corrected chi connectivity index (χ1v) is 18.6. The van der Waals surface area contributed by atoms with Gasteiger partial charge in [-0.15, -0.1) is 0 Å². The van der Waals surface area contributed by atoms with Gasteiger partial charge in [-0.3, -0.25) is 0 Å². The van der Waals surface area contributed by atoms with E-state index in [-0.39, 0.29) is 0 Å². The minimum absolute atomic E-state index is 1.12. The number of hydrogen-bond donors (Lipinski definition) is 0. The van der Waals surface area contributed by atoms with Crippen molar-refractivity contribution in [2.75, 3.05) is 9.80 Å². The van der Waals surface area contributed by atoms with Gasteiger partial charge in [0.15, 0.2) is 0 Å². The highest BCUT2D eigenvalue weighted by molar-refractivity contribution is 6.08. The zero-order valence-electron chi connectivity index (χ0n) is 30.5. The van der Waals surface area contributed by atoms with E-state index in [0.717, 1.165) is 34.1 Å². The van der Waals surface area contributed by atoms with Crippen LogP contribution in [0.5, 0.6) is 0 Å². The summed E-state index contributed by atoms with van der Waals surface area (Å²) in [7, 11) is 0. The third-order valence-electron chi connectivity index (χ3n) is 10.6. The van der Waals surface area contributed by atoms with Crippen molar-refractivity contribution in [3.8, 4) is 22.3 Å². The maximum absolute atomic E-state index is 2.37. The van der Waals surface area contributed by atoms with E-state index in [1.165, 1.54) is 54.9 Å². The zero-order valence-corrected chi connectivity index (χ0v) is 30.5. The van der Waals surface area contributed by atoms with Crippen LogP contribution in [0.3, 0.4) is 0 Å². The summed E-state index contributed by atoms with van der Waals surface area (Å²) in [5.74, 6) is 0. The molecule has 0 aromatic heterocycles. The molecule has 0 aliphatic heterocycles. The summed E-state index contributed by atoms with van der Waals surface area (Å²) in [5.41, 5.74) is 14.2. The average Bonchev–Trinajstić information content (AvgIpc) is 3.25. The SMILES string of the molecule is Cc1c2ccc(N(c3ccccc3)c3ccc(-c4ccccc4)cc3)cc2c(C)c2ccc(N(c3ccccc3)c3ccc(-c4ccccc4)cc3)cc12. The van der Waals surface area contributed by atoms with Gasteiger partial charge in [-0.2, -0.15) is 0 Å². The van der Waals surface area contributed by atoms with Crippen LogP contribution in [0.2, 0.25) is 0 Å². The highest BCUT2D eigenvalue weighted by Gasteiger charge is 2.18. The Morgan fingerprint density at radius 1 is 0.241 bits per heavy atom. The Kier molecular flexibility index (Phi) is 8.70. The lowest BCUT2D eigenvalue weighted by molar-refractivity contribution is 1.28. The molecule has 0 radical (unpaired) electrons. The lowest BCUT2D eigenvalue weighted by atomic mass is 9.92. The first-order chi connectivity index (χ1) is 26.6. The summed E-state index contributed by atoms with van der Waals surface area (Å²) in [6.45, 7) is 4.54. The molecule has 9 aromatic rings. The van der Waals surface area contributed by atoms with Gasteiger partial charge in [-0.25, -0.2) is 0 Å². The molecule has 0 amide bonds. The molecule has 2 heteroatoms. The Hall–Kier alpha value is -6.90. The molecule has 54 heavy (non-hydrogen) atoms. The molecule has 0 unspecified atom stereocenters. The largest absolute Gasteiger partial charge is 0.310 e. The second-order valence-corrected chi connectivity index (χ2v) is 13.9. The molecule has 0 bridgehead atoms. The smallest absolute Gasteiger partial charge is 0.0468 e. The van der Waals surface area contributed by atoms with Crippen molar-refractivity contribution < 1.29 is 0 Å². The summed E-state index contributed by atoms with van der Waals surface area (Å²) in [4.78, 5) is 4.72. The fourth-order valence-electron chi connectivity index (χ4n) is 7.82. The van der Waals surface area contributed by atoms with E-state index < -0.39 is 0 Å². The van der Waals surface area contributed by atoms with Gasteiger partial charge in [-0.1, -0.05) is 133 Å². The van der Waals surface area contributed by atoms with Crippen molar-refractivity contribution in [2.45, 2.75) is 13.8 Å². The maximum Gasteiger partial charge on any atom is 0.0468 e. The molecule has 9 rings (SSSR count). The lowest BCUT2D eigenvalue weighted by Gasteiger charge is -2.27. The topological polar surface area (TPSA) is 6.48 Å². The van der Waals surface area contributed by atoms with Gasteiger partial charge >= 0.3 is 0 Å². The second-order valence-electron chi connectivity index (χ2n) is 13.9. The third-order valence-corrected chi connectivity index (χ3v) is 10.6. The van der Waals surface area contributed by atoms with E-state index in [1.807, 2.05) is 0 Å². The van der Waals surface area contributed by atoms with E-state index in [0.29, 0.717) is 0 Å². The summed E-state index contributed by atoms with van der Waals surface area (Å²) in [6, 6.07) is 74.2. The standard InChI is InChI=1S/C52H40N2/c1-37-49-33-31-48(54(44-21-13-6-14-22-44)46-29-25-42(26-30-46)40-17-9-4-10-18-40)36-52(49)38(2)50-34-32-47(35-51(37)50)53(43-19-11-5-12-20-43)45-27-23-41(24-28-45)39-15-7-3-8-16-39/h3-36H,1-2H3. The normalized spacial score (nSPS) is 11.1. The monoisotopic (exact) mass is 692 g/mol. The van der Waals surface area contributed by atoms with Gasteiger partial charge in [0.1, 0.15) is 0 Å². The summed E-state index contributed by atoms with van der Waals surface area (Å²) >= 11 is 0. The maximum atomic E-state index is 2.37. The van der Waals surface area contributed by atoms with Gasteiger partial charge in [0.05, 0.1) is 0 Å². The number of hydrogen-bond acceptors (Lipinski definition) is 2. The van der Waals surface area contributed by atoms with Crippen LogP contribution in [0.15, 0.2) is 206 Å². The number of rotatable bonds is 8. The van der Waals surface area contributed by atoms with E-state index in [1.54, 1.807) is 0 Å². The van der Waals surface area contributed by atoms with Crippen LogP contribution >= 0.6 is 0 Å². The minimum Gasteiger partial charge on any atom is -0.310 e. The number of aryl methyl sites for hydroxylation is 2. The number of fused-ring (bicyclic) bond motifs is 2. The quantitative estimate of drug-likeness (QED) is 0.146. The number of anilines is 6. The predicted octanol–water partition coefficient (Wildman–Crippen LogP) is 14.9. The first-order valence-electron chi connectivity index (χ1n) is 18.6. The van der Waals surface area contributed by atoms with E-state index in [9.17, 15) is 0 Å². The second kappa shape index (κ2) is 14.3. The molecule has 0 N–H and O–H groups in total. The third kappa shape index (κ3) is 6.18. The van der Waals surface area contributed by atoms with Crippen molar-refractivity contribution in [3.05, 3.63) is 217 Å². The van der Waals surface area contributed by atoms with E-state index >= 15 is 0 Å². The molecule has 0 atom stereocenters. The molecule has 0 aliphatic rings. The molecule has 0 aliphatic carbocycles. The highest BCUT2D eigenvalue weighted by Crippen LogP contribution is 2.42. The molecule has 0 heterocycles. The summed E-state index contributed by atoms with van der Waals surface area (Å²) in [5, 5.41) is 5.07. The Morgan fingerprint density at radius 2 is 0.519 bits per heavy atom. The Bertz CT molecular complexity index is 2500. The van der Waals surface area contributed by atoms with Gasteiger partial charge in [-0.05, 0) is 142 Å². The van der Waals surface area contributed by atoms with Gasteiger partial charge in [0, 0.05) is 34.1 Å². The molecule has 0 saturated carbocycles. The van der Waals surface area contributed by atoms with Crippen molar-refractivity contribution in [1.29, 1.82) is 0 Å². The fraction of sp³-hybridized carbons (Fsp3) is 0.0385. The molecule has 258 valence electrons. The van der Waals surface area contributed by atoms with Crippen LogP contribution in [0, 0.1) is 13.8 Å². The summed E-state index contributed by atoms with van der Waals surface area (Å²) < 4.78 is 0. The van der Waals surface area contributed by atoms with Crippen LogP contribution < -0.4 is 9.80 Å². The predicted molar refractivity (Wildman–Crippen MR) is 231 cm³/mol. The fourth-order valence-corrected chi connectivity index (χ4v) is 7.82. The van der Waals surface area contributed by atoms with Crippen molar-refractivity contribution in [3.63, 3.8) is 0 Å². The van der Waals surface area contributed by atoms with Crippen molar-refractivity contribution >= 4 is 55.7 Å². The lowest BCUT2D eigenvalue weighted by Crippen LogP contribution is -2.10. The van der Waals surface area contributed by atoms with Crippen LogP contribution in [0.4, 0.5) is 34.1 Å². The van der Waals surface area contributed by atoms with Crippen LogP contribution in [-0.4, -0.2) is 0 Å². The Labute approximate surface area is 317 Å². The van der Waals surface area contributed by atoms with E-state index in [4.69, 9.17) is 0 Å². The molecule has 0 saturated heterocycles. The van der Waals surface area contributed by atoms with Gasteiger partial charge in [0.2, 0.25) is 0 Å². The Balaban J connectivity index is 1.13.